The van der Waals surface area contributed by atoms with Gasteiger partial charge in [-0.15, -0.1) is 0 Å². The van der Waals surface area contributed by atoms with Crippen molar-refractivity contribution in [2.75, 3.05) is 12.0 Å². The number of amides is 1. The van der Waals surface area contributed by atoms with E-state index in [4.69, 9.17) is 5.11 Å². The summed E-state index contributed by atoms with van der Waals surface area (Å²) in [7, 11) is 0. The SMILES string of the molecule is CSCCCC(=O)N[C@@H](CC(C)C)C(=O)O. The minimum Gasteiger partial charge on any atom is -0.480 e. The zero-order valence-corrected chi connectivity index (χ0v) is 11.0. The fourth-order valence-corrected chi connectivity index (χ4v) is 1.77. The van der Waals surface area contributed by atoms with Crippen LogP contribution in [0.25, 0.3) is 0 Å². The average Bonchev–Trinajstić information content (AvgIpc) is 2.16. The van der Waals surface area contributed by atoms with Gasteiger partial charge in [0.25, 0.3) is 0 Å². The van der Waals surface area contributed by atoms with E-state index in [1.807, 2.05) is 20.1 Å². The maximum atomic E-state index is 11.4. The molecule has 0 radical (unpaired) electrons. The van der Waals surface area contributed by atoms with E-state index < -0.39 is 12.0 Å². The van der Waals surface area contributed by atoms with E-state index in [2.05, 4.69) is 5.32 Å². The van der Waals surface area contributed by atoms with Gasteiger partial charge in [0.2, 0.25) is 5.91 Å². The molecule has 4 nitrogen and oxygen atoms in total. The largest absolute Gasteiger partial charge is 0.480 e. The van der Waals surface area contributed by atoms with E-state index in [1.165, 1.54) is 0 Å². The van der Waals surface area contributed by atoms with Gasteiger partial charge < -0.3 is 10.4 Å². The summed E-state index contributed by atoms with van der Waals surface area (Å²) in [4.78, 5) is 22.3. The number of carbonyl (C=O) groups is 2. The number of thioether (sulfide) groups is 1. The lowest BCUT2D eigenvalue weighted by Gasteiger charge is -2.16. The van der Waals surface area contributed by atoms with E-state index in [0.717, 1.165) is 12.2 Å². The van der Waals surface area contributed by atoms with Gasteiger partial charge in [0.1, 0.15) is 6.04 Å². The van der Waals surface area contributed by atoms with E-state index in [-0.39, 0.29) is 11.8 Å². The van der Waals surface area contributed by atoms with E-state index in [0.29, 0.717) is 12.8 Å². The molecule has 0 aromatic heterocycles. The molecule has 0 heterocycles. The summed E-state index contributed by atoms with van der Waals surface area (Å²) in [6, 6.07) is -0.748. The van der Waals surface area contributed by atoms with Gasteiger partial charge in [0, 0.05) is 6.42 Å². The molecule has 0 fully saturated rings. The molecule has 0 aliphatic heterocycles. The lowest BCUT2D eigenvalue weighted by Crippen LogP contribution is -2.41. The van der Waals surface area contributed by atoms with Crippen molar-refractivity contribution in [2.24, 2.45) is 5.92 Å². The van der Waals surface area contributed by atoms with Gasteiger partial charge in [0.15, 0.2) is 0 Å². The molecule has 0 bridgehead atoms. The minimum atomic E-state index is -0.952. The second kappa shape index (κ2) is 8.44. The second-order valence-electron chi connectivity index (χ2n) is 4.18. The van der Waals surface area contributed by atoms with Crippen molar-refractivity contribution in [3.05, 3.63) is 0 Å². The topological polar surface area (TPSA) is 66.4 Å². The smallest absolute Gasteiger partial charge is 0.326 e. The van der Waals surface area contributed by atoms with Gasteiger partial charge in [-0.3, -0.25) is 4.79 Å². The molecule has 0 unspecified atom stereocenters. The summed E-state index contributed by atoms with van der Waals surface area (Å²) in [5.74, 6) is 0.0663. The highest BCUT2D eigenvalue weighted by Crippen LogP contribution is 2.06. The first kappa shape index (κ1) is 15.3. The Morgan fingerprint density at radius 3 is 2.44 bits per heavy atom. The quantitative estimate of drug-likeness (QED) is 0.641. The Morgan fingerprint density at radius 1 is 1.38 bits per heavy atom. The van der Waals surface area contributed by atoms with Crippen molar-refractivity contribution in [1.82, 2.24) is 5.32 Å². The van der Waals surface area contributed by atoms with Crippen LogP contribution in [0.2, 0.25) is 0 Å². The van der Waals surface area contributed by atoms with Crippen LogP contribution in [-0.2, 0) is 9.59 Å². The Morgan fingerprint density at radius 2 is 2.00 bits per heavy atom. The summed E-state index contributed by atoms with van der Waals surface area (Å²) < 4.78 is 0. The standard InChI is InChI=1S/C11H21NO3S/c1-8(2)7-9(11(14)15)12-10(13)5-4-6-16-3/h8-9H,4-7H2,1-3H3,(H,12,13)(H,14,15)/t9-/m0/s1. The molecule has 2 N–H and O–H groups in total. The third kappa shape index (κ3) is 7.56. The Balaban J connectivity index is 3.98. The highest BCUT2D eigenvalue weighted by Gasteiger charge is 2.20. The second-order valence-corrected chi connectivity index (χ2v) is 5.17. The van der Waals surface area contributed by atoms with Crippen LogP contribution in [0.5, 0.6) is 0 Å². The molecule has 0 rings (SSSR count). The van der Waals surface area contributed by atoms with E-state index in [1.54, 1.807) is 11.8 Å². The number of nitrogens with one attached hydrogen (secondary N) is 1. The number of hydrogen-bond donors (Lipinski definition) is 2. The number of carbonyl (C=O) groups excluding carboxylic acids is 1. The van der Waals surface area contributed by atoms with Crippen LogP contribution in [0.1, 0.15) is 33.1 Å². The van der Waals surface area contributed by atoms with Crippen molar-refractivity contribution in [3.63, 3.8) is 0 Å². The van der Waals surface area contributed by atoms with Crippen LogP contribution in [0.4, 0.5) is 0 Å². The van der Waals surface area contributed by atoms with Gasteiger partial charge >= 0.3 is 5.97 Å². The van der Waals surface area contributed by atoms with Gasteiger partial charge in [-0.1, -0.05) is 13.8 Å². The predicted octanol–water partition coefficient (Wildman–Crippen LogP) is 1.75. The fourth-order valence-electron chi connectivity index (χ4n) is 1.34. The molecule has 94 valence electrons. The lowest BCUT2D eigenvalue weighted by molar-refractivity contribution is -0.142. The zero-order chi connectivity index (χ0) is 12.6. The molecule has 0 aromatic carbocycles. The molecule has 1 amide bonds. The number of carboxylic acids is 1. The van der Waals surface area contributed by atoms with Crippen LogP contribution in [0.15, 0.2) is 0 Å². The first-order valence-corrected chi connectivity index (χ1v) is 6.87. The van der Waals surface area contributed by atoms with Gasteiger partial charge in [-0.05, 0) is 30.8 Å². The molecule has 0 aliphatic carbocycles. The van der Waals surface area contributed by atoms with Crippen molar-refractivity contribution < 1.29 is 14.7 Å². The van der Waals surface area contributed by atoms with Crippen molar-refractivity contribution in [1.29, 1.82) is 0 Å². The zero-order valence-electron chi connectivity index (χ0n) is 10.2. The molecule has 0 saturated carbocycles. The Kier molecular flexibility index (Phi) is 8.07. The number of carboxylic acid groups (broad SMARTS) is 1. The van der Waals surface area contributed by atoms with Crippen molar-refractivity contribution in [2.45, 2.75) is 39.2 Å². The van der Waals surface area contributed by atoms with Gasteiger partial charge in [-0.25, -0.2) is 4.79 Å². The fraction of sp³-hybridized carbons (Fsp3) is 0.818. The number of hydrogen-bond acceptors (Lipinski definition) is 3. The minimum absolute atomic E-state index is 0.165. The van der Waals surface area contributed by atoms with Crippen LogP contribution >= 0.6 is 11.8 Å². The highest BCUT2D eigenvalue weighted by molar-refractivity contribution is 7.98. The van der Waals surface area contributed by atoms with Crippen molar-refractivity contribution >= 4 is 23.6 Å². The van der Waals surface area contributed by atoms with Gasteiger partial charge in [0.05, 0.1) is 0 Å². The first-order chi connectivity index (χ1) is 7.47. The third-order valence-electron chi connectivity index (χ3n) is 2.09. The maximum Gasteiger partial charge on any atom is 0.326 e. The maximum absolute atomic E-state index is 11.4. The normalized spacial score (nSPS) is 12.5. The van der Waals surface area contributed by atoms with E-state index in [9.17, 15) is 9.59 Å². The van der Waals surface area contributed by atoms with Crippen molar-refractivity contribution in [3.8, 4) is 0 Å². The summed E-state index contributed by atoms with van der Waals surface area (Å²) >= 11 is 1.68. The Hall–Kier alpha value is -0.710. The van der Waals surface area contributed by atoms with Crippen LogP contribution in [-0.4, -0.2) is 35.0 Å². The molecule has 0 spiro atoms. The highest BCUT2D eigenvalue weighted by atomic mass is 32.2. The van der Waals surface area contributed by atoms with Gasteiger partial charge in [-0.2, -0.15) is 11.8 Å². The molecular formula is C11H21NO3S. The molecular weight excluding hydrogens is 226 g/mol. The molecule has 1 atom stereocenters. The Labute approximate surface area is 101 Å². The Bertz CT molecular complexity index is 231. The number of aliphatic carboxylic acids is 1. The molecule has 16 heavy (non-hydrogen) atoms. The molecule has 0 saturated heterocycles. The molecule has 0 aromatic rings. The summed E-state index contributed by atoms with van der Waals surface area (Å²) in [5.41, 5.74) is 0. The monoisotopic (exact) mass is 247 g/mol. The lowest BCUT2D eigenvalue weighted by atomic mass is 10.0. The molecule has 0 aliphatic rings. The summed E-state index contributed by atoms with van der Waals surface area (Å²) in [6.07, 6.45) is 3.66. The summed E-state index contributed by atoms with van der Waals surface area (Å²) in [5, 5.41) is 11.5. The van der Waals surface area contributed by atoms with Crippen LogP contribution in [0.3, 0.4) is 0 Å². The van der Waals surface area contributed by atoms with Crippen LogP contribution in [0, 0.1) is 5.92 Å². The number of rotatable bonds is 8. The van der Waals surface area contributed by atoms with Crippen LogP contribution < -0.4 is 5.32 Å². The summed E-state index contributed by atoms with van der Waals surface area (Å²) in [6.45, 7) is 3.88. The molecule has 5 heteroatoms. The predicted molar refractivity (Wildman–Crippen MR) is 66.6 cm³/mol. The first-order valence-electron chi connectivity index (χ1n) is 5.48. The third-order valence-corrected chi connectivity index (χ3v) is 2.79. The average molecular weight is 247 g/mol. The van der Waals surface area contributed by atoms with E-state index >= 15 is 0 Å².